The Hall–Kier alpha value is -0.190. The van der Waals surface area contributed by atoms with Gasteiger partial charge in [-0.15, -0.1) is 0 Å². The van der Waals surface area contributed by atoms with Gasteiger partial charge in [0.15, 0.2) is 0 Å². The molecule has 1 aromatic carbocycles. The zero-order valence-electron chi connectivity index (χ0n) is 11.4. The lowest BCUT2D eigenvalue weighted by molar-refractivity contribution is 0.379. The molecule has 0 aromatic heterocycles. The van der Waals surface area contributed by atoms with Crippen molar-refractivity contribution >= 4 is 26.7 Å². The Kier molecular flexibility index (Phi) is 6.05. The largest absolute Gasteiger partial charge is 0.313 e. The van der Waals surface area contributed by atoms with Crippen LogP contribution < -0.4 is 5.32 Å². The Morgan fingerprint density at radius 2 is 1.95 bits per heavy atom. The third-order valence-electron chi connectivity index (χ3n) is 3.68. The highest BCUT2D eigenvalue weighted by molar-refractivity contribution is 9.10. The molecular formula is C15H22BrNOS. The summed E-state index contributed by atoms with van der Waals surface area (Å²) >= 11 is 3.43. The van der Waals surface area contributed by atoms with E-state index in [1.807, 2.05) is 24.3 Å². The van der Waals surface area contributed by atoms with Crippen LogP contribution in [-0.4, -0.2) is 22.0 Å². The molecule has 0 radical (unpaired) electrons. The molecule has 0 bridgehead atoms. The van der Waals surface area contributed by atoms with Crippen molar-refractivity contribution in [1.29, 1.82) is 0 Å². The number of halogens is 1. The average Bonchev–Trinajstić information content (AvgIpc) is 2.45. The van der Waals surface area contributed by atoms with Crippen LogP contribution >= 0.6 is 15.9 Å². The van der Waals surface area contributed by atoms with Crippen molar-refractivity contribution in [1.82, 2.24) is 5.32 Å². The molecular weight excluding hydrogens is 322 g/mol. The minimum Gasteiger partial charge on any atom is -0.313 e. The summed E-state index contributed by atoms with van der Waals surface area (Å²) in [7, 11) is -0.895. The van der Waals surface area contributed by atoms with Crippen molar-refractivity contribution in [3.8, 4) is 0 Å². The van der Waals surface area contributed by atoms with Crippen LogP contribution in [0, 0.1) is 0 Å². The van der Waals surface area contributed by atoms with Crippen LogP contribution in [0.3, 0.4) is 0 Å². The summed E-state index contributed by atoms with van der Waals surface area (Å²) in [6.07, 6.45) is 5.83. The van der Waals surface area contributed by atoms with E-state index in [1.54, 1.807) is 0 Å². The quantitative estimate of drug-likeness (QED) is 0.879. The fourth-order valence-electron chi connectivity index (χ4n) is 2.66. The summed E-state index contributed by atoms with van der Waals surface area (Å²) in [6, 6.07) is 8.32. The molecule has 0 spiro atoms. The maximum atomic E-state index is 12.7. The van der Waals surface area contributed by atoms with E-state index < -0.39 is 10.8 Å². The first-order valence-corrected chi connectivity index (χ1v) is 9.12. The zero-order chi connectivity index (χ0) is 13.7. The van der Waals surface area contributed by atoms with Crippen LogP contribution in [0.1, 0.15) is 39.0 Å². The minimum absolute atomic E-state index is 0.265. The molecule has 19 heavy (non-hydrogen) atoms. The topological polar surface area (TPSA) is 29.1 Å². The predicted molar refractivity (Wildman–Crippen MR) is 84.9 cm³/mol. The van der Waals surface area contributed by atoms with Gasteiger partial charge in [0.1, 0.15) is 0 Å². The SMILES string of the molecule is CCCNC1CCCCC1S(=O)c1ccc(Br)cc1. The lowest BCUT2D eigenvalue weighted by Gasteiger charge is -2.31. The lowest BCUT2D eigenvalue weighted by atomic mass is 9.95. The summed E-state index contributed by atoms with van der Waals surface area (Å²) < 4.78 is 13.8. The maximum absolute atomic E-state index is 12.7. The van der Waals surface area contributed by atoms with Gasteiger partial charge >= 0.3 is 0 Å². The monoisotopic (exact) mass is 343 g/mol. The smallest absolute Gasteiger partial charge is 0.0576 e. The number of hydrogen-bond donors (Lipinski definition) is 1. The van der Waals surface area contributed by atoms with Crippen molar-refractivity contribution < 1.29 is 4.21 Å². The van der Waals surface area contributed by atoms with Crippen LogP contribution in [0.5, 0.6) is 0 Å². The van der Waals surface area contributed by atoms with Crippen molar-refractivity contribution in [3.63, 3.8) is 0 Å². The summed E-state index contributed by atoms with van der Waals surface area (Å²) in [5.74, 6) is 0. The first-order valence-electron chi connectivity index (χ1n) is 7.12. The van der Waals surface area contributed by atoms with Gasteiger partial charge in [-0.3, -0.25) is 4.21 Å². The second-order valence-corrected chi connectivity index (χ2v) is 7.72. The minimum atomic E-state index is -0.895. The third kappa shape index (κ3) is 4.14. The van der Waals surface area contributed by atoms with E-state index in [-0.39, 0.29) is 5.25 Å². The molecule has 1 aliphatic rings. The second-order valence-electron chi connectivity index (χ2n) is 5.13. The molecule has 1 aromatic rings. The first-order chi connectivity index (χ1) is 9.22. The van der Waals surface area contributed by atoms with Gasteiger partial charge in [0.2, 0.25) is 0 Å². The van der Waals surface area contributed by atoms with Crippen LogP contribution in [0.2, 0.25) is 0 Å². The Bertz CT molecular complexity index is 421. The fourth-order valence-corrected chi connectivity index (χ4v) is 4.59. The molecule has 1 aliphatic carbocycles. The maximum Gasteiger partial charge on any atom is 0.0576 e. The lowest BCUT2D eigenvalue weighted by Crippen LogP contribution is -2.44. The summed E-state index contributed by atoms with van der Waals surface area (Å²) in [5, 5.41) is 3.85. The molecule has 3 unspecified atom stereocenters. The van der Waals surface area contributed by atoms with E-state index in [1.165, 1.54) is 12.8 Å². The highest BCUT2D eigenvalue weighted by Gasteiger charge is 2.30. The Labute approximate surface area is 127 Å². The Balaban J connectivity index is 2.08. The Morgan fingerprint density at radius 3 is 2.63 bits per heavy atom. The van der Waals surface area contributed by atoms with Crippen LogP contribution in [-0.2, 0) is 10.8 Å². The molecule has 1 N–H and O–H groups in total. The third-order valence-corrected chi connectivity index (χ3v) is 6.06. The molecule has 0 saturated heterocycles. The summed E-state index contributed by atoms with van der Waals surface area (Å²) in [4.78, 5) is 0.957. The van der Waals surface area contributed by atoms with Crippen molar-refractivity contribution in [2.45, 2.75) is 55.2 Å². The number of benzene rings is 1. The Morgan fingerprint density at radius 1 is 1.26 bits per heavy atom. The van der Waals surface area contributed by atoms with Crippen LogP contribution in [0.25, 0.3) is 0 Å². The molecule has 3 atom stereocenters. The number of nitrogens with one attached hydrogen (secondary N) is 1. The van der Waals surface area contributed by atoms with Gasteiger partial charge < -0.3 is 5.32 Å². The zero-order valence-corrected chi connectivity index (χ0v) is 13.8. The van der Waals surface area contributed by atoms with E-state index in [0.29, 0.717) is 6.04 Å². The summed E-state index contributed by atoms with van der Waals surface area (Å²) in [6.45, 7) is 3.20. The molecule has 106 valence electrons. The molecule has 0 aliphatic heterocycles. The highest BCUT2D eigenvalue weighted by Crippen LogP contribution is 2.27. The van der Waals surface area contributed by atoms with Gasteiger partial charge in [0, 0.05) is 15.4 Å². The standard InChI is InChI=1S/C15H22BrNOS/c1-2-11-17-14-5-3-4-6-15(14)19(18)13-9-7-12(16)8-10-13/h7-10,14-15,17H,2-6,11H2,1H3. The average molecular weight is 344 g/mol. The van der Waals surface area contributed by atoms with Gasteiger partial charge in [-0.1, -0.05) is 35.7 Å². The normalized spacial score (nSPS) is 25.2. The predicted octanol–water partition coefficient (Wildman–Crippen LogP) is 3.87. The van der Waals surface area contributed by atoms with E-state index >= 15 is 0 Å². The van der Waals surface area contributed by atoms with E-state index in [0.717, 1.165) is 35.2 Å². The van der Waals surface area contributed by atoms with Gasteiger partial charge in [-0.25, -0.2) is 0 Å². The van der Waals surface area contributed by atoms with Gasteiger partial charge in [-0.2, -0.15) is 0 Å². The van der Waals surface area contributed by atoms with E-state index in [9.17, 15) is 4.21 Å². The van der Waals surface area contributed by atoms with Crippen LogP contribution in [0.4, 0.5) is 0 Å². The molecule has 0 heterocycles. The van der Waals surface area contributed by atoms with Gasteiger partial charge in [0.05, 0.1) is 16.0 Å². The van der Waals surface area contributed by atoms with Crippen LogP contribution in [0.15, 0.2) is 33.6 Å². The highest BCUT2D eigenvalue weighted by atomic mass is 79.9. The molecule has 1 fully saturated rings. The summed E-state index contributed by atoms with van der Waals surface area (Å²) in [5.41, 5.74) is 0. The molecule has 0 amide bonds. The molecule has 1 saturated carbocycles. The fraction of sp³-hybridized carbons (Fsp3) is 0.600. The second kappa shape index (κ2) is 7.55. The van der Waals surface area contributed by atoms with Crippen molar-refractivity contribution in [3.05, 3.63) is 28.7 Å². The number of rotatable bonds is 5. The molecule has 4 heteroatoms. The molecule has 2 nitrogen and oxygen atoms in total. The number of hydrogen-bond acceptors (Lipinski definition) is 2. The van der Waals surface area contributed by atoms with Crippen molar-refractivity contribution in [2.75, 3.05) is 6.54 Å². The van der Waals surface area contributed by atoms with Crippen molar-refractivity contribution in [2.24, 2.45) is 0 Å². The molecule has 2 rings (SSSR count). The van der Waals surface area contributed by atoms with Gasteiger partial charge in [0.25, 0.3) is 0 Å². The van der Waals surface area contributed by atoms with E-state index in [2.05, 4.69) is 28.2 Å². The van der Waals surface area contributed by atoms with Gasteiger partial charge in [-0.05, 0) is 50.1 Å². The van der Waals surface area contributed by atoms with E-state index in [4.69, 9.17) is 0 Å². The first kappa shape index (κ1) is 15.2.